The first-order valence-corrected chi connectivity index (χ1v) is 9.97. The molecule has 0 amide bonds. The van der Waals surface area contributed by atoms with E-state index in [1.165, 1.54) is 15.9 Å². The van der Waals surface area contributed by atoms with Crippen LogP contribution in [-0.4, -0.2) is 40.1 Å². The maximum absolute atomic E-state index is 13.1. The van der Waals surface area contributed by atoms with E-state index in [0.717, 1.165) is 28.4 Å². The molecule has 2 aromatic rings. The maximum Gasteiger partial charge on any atom is 0.326 e. The largest absolute Gasteiger partial charge is 0.464 e. The number of rotatable bonds is 8. The van der Waals surface area contributed by atoms with Gasteiger partial charge in [-0.25, -0.2) is 4.98 Å². The molecule has 0 aliphatic rings. The van der Waals surface area contributed by atoms with Crippen molar-refractivity contribution in [3.63, 3.8) is 0 Å². The molecule has 0 aliphatic heterocycles. The zero-order valence-corrected chi connectivity index (χ0v) is 17.4. The second-order valence-electron chi connectivity index (χ2n) is 6.92. The third-order valence-corrected chi connectivity index (χ3v) is 5.59. The highest BCUT2D eigenvalue weighted by Gasteiger charge is 2.19. The van der Waals surface area contributed by atoms with E-state index < -0.39 is 5.97 Å². The summed E-state index contributed by atoms with van der Waals surface area (Å²) in [6.45, 7) is 14.5. The number of carbonyl (C=O) groups is 1. The Kier molecular flexibility index (Phi) is 6.94. The van der Waals surface area contributed by atoms with Gasteiger partial charge in [0.1, 0.15) is 17.2 Å². The van der Waals surface area contributed by atoms with Crippen LogP contribution in [0.2, 0.25) is 0 Å². The number of thiophene rings is 1. The topological polar surface area (TPSA) is 64.4 Å². The number of aryl methyl sites for hydroxylation is 2. The number of aromatic nitrogens is 2. The smallest absolute Gasteiger partial charge is 0.326 e. The Morgan fingerprint density at radius 1 is 1.27 bits per heavy atom. The normalized spacial score (nSPS) is 11.7. The molecule has 0 atom stereocenters. The second-order valence-corrected chi connectivity index (χ2v) is 8.12. The molecule has 6 nitrogen and oxygen atoms in total. The third-order valence-electron chi connectivity index (χ3n) is 4.49. The van der Waals surface area contributed by atoms with Crippen molar-refractivity contribution >= 4 is 27.5 Å². The van der Waals surface area contributed by atoms with Gasteiger partial charge in [-0.05, 0) is 38.4 Å². The fourth-order valence-corrected chi connectivity index (χ4v) is 3.77. The lowest BCUT2D eigenvalue weighted by atomic mass is 10.2. The highest BCUT2D eigenvalue weighted by molar-refractivity contribution is 7.18. The minimum Gasteiger partial charge on any atom is -0.464 e. The number of hydrogen-bond donors (Lipinski definition) is 0. The van der Waals surface area contributed by atoms with Gasteiger partial charge in [0.15, 0.2) is 0 Å². The van der Waals surface area contributed by atoms with Crippen LogP contribution in [-0.2, 0) is 22.6 Å². The molecular formula is C19H29N3O3S. The van der Waals surface area contributed by atoms with Crippen LogP contribution < -0.4 is 5.56 Å². The highest BCUT2D eigenvalue weighted by atomic mass is 32.1. The Morgan fingerprint density at radius 2 is 1.92 bits per heavy atom. The number of esters is 1. The SMILES string of the molecule is CCN(CC)Cc1nc2sc(C)c(C)c2c(=O)n1CC(=O)OCC(C)C. The Balaban J connectivity index is 2.48. The van der Waals surface area contributed by atoms with Gasteiger partial charge in [-0.2, -0.15) is 0 Å². The molecule has 0 unspecified atom stereocenters. The minimum atomic E-state index is -0.396. The molecule has 0 fully saturated rings. The van der Waals surface area contributed by atoms with Crippen molar-refractivity contribution < 1.29 is 9.53 Å². The Hall–Kier alpha value is -1.73. The van der Waals surface area contributed by atoms with Gasteiger partial charge in [-0.3, -0.25) is 19.1 Å². The van der Waals surface area contributed by atoms with E-state index in [-0.39, 0.29) is 18.0 Å². The summed E-state index contributed by atoms with van der Waals surface area (Å²) in [4.78, 5) is 34.1. The van der Waals surface area contributed by atoms with Crippen molar-refractivity contribution in [3.8, 4) is 0 Å². The molecule has 0 aromatic carbocycles. The zero-order chi connectivity index (χ0) is 19.4. The highest BCUT2D eigenvalue weighted by Crippen LogP contribution is 2.26. The lowest BCUT2D eigenvalue weighted by Gasteiger charge is -2.20. The quantitative estimate of drug-likeness (QED) is 0.660. The van der Waals surface area contributed by atoms with Crippen LogP contribution in [0.25, 0.3) is 10.2 Å². The maximum atomic E-state index is 13.1. The Bertz CT molecular complexity index is 835. The van der Waals surface area contributed by atoms with Crippen LogP contribution in [0.1, 0.15) is 44.0 Å². The van der Waals surface area contributed by atoms with E-state index in [2.05, 4.69) is 18.7 Å². The molecule has 0 aliphatic carbocycles. The average molecular weight is 380 g/mol. The van der Waals surface area contributed by atoms with Crippen LogP contribution in [0, 0.1) is 19.8 Å². The number of fused-ring (bicyclic) bond motifs is 1. The number of carbonyl (C=O) groups excluding carboxylic acids is 1. The van der Waals surface area contributed by atoms with Crippen molar-refractivity contribution in [1.82, 2.24) is 14.5 Å². The Morgan fingerprint density at radius 3 is 2.50 bits per heavy atom. The van der Waals surface area contributed by atoms with E-state index >= 15 is 0 Å². The molecule has 0 saturated carbocycles. The summed E-state index contributed by atoms with van der Waals surface area (Å²) in [6, 6.07) is 0. The molecule has 0 radical (unpaired) electrons. The molecule has 2 aromatic heterocycles. The van der Waals surface area contributed by atoms with Gasteiger partial charge in [-0.1, -0.05) is 27.7 Å². The van der Waals surface area contributed by atoms with Gasteiger partial charge in [0.2, 0.25) is 0 Å². The molecule has 0 N–H and O–H groups in total. The number of ether oxygens (including phenoxy) is 1. The summed E-state index contributed by atoms with van der Waals surface area (Å²) in [5.41, 5.74) is 0.793. The van der Waals surface area contributed by atoms with Crippen LogP contribution in [0.4, 0.5) is 0 Å². The molecule has 26 heavy (non-hydrogen) atoms. The van der Waals surface area contributed by atoms with Gasteiger partial charge in [-0.15, -0.1) is 11.3 Å². The van der Waals surface area contributed by atoms with Gasteiger partial charge in [0.05, 0.1) is 18.5 Å². The van der Waals surface area contributed by atoms with E-state index in [0.29, 0.717) is 24.4 Å². The number of nitrogens with zero attached hydrogens (tertiary/aromatic N) is 3. The lowest BCUT2D eigenvalue weighted by molar-refractivity contribution is -0.145. The first-order chi connectivity index (χ1) is 12.3. The molecule has 2 heterocycles. The molecule has 0 spiro atoms. The Labute approximate surface area is 158 Å². The van der Waals surface area contributed by atoms with E-state index in [4.69, 9.17) is 9.72 Å². The van der Waals surface area contributed by atoms with Crippen LogP contribution >= 0.6 is 11.3 Å². The van der Waals surface area contributed by atoms with Gasteiger partial charge >= 0.3 is 5.97 Å². The summed E-state index contributed by atoms with van der Waals surface area (Å²) in [7, 11) is 0. The van der Waals surface area contributed by atoms with Crippen molar-refractivity contribution in [3.05, 3.63) is 26.6 Å². The van der Waals surface area contributed by atoms with Crippen LogP contribution in [0.3, 0.4) is 0 Å². The van der Waals surface area contributed by atoms with Crippen LogP contribution in [0.15, 0.2) is 4.79 Å². The van der Waals surface area contributed by atoms with Crippen molar-refractivity contribution in [2.45, 2.75) is 54.6 Å². The second kappa shape index (κ2) is 8.77. The molecule has 0 saturated heterocycles. The van der Waals surface area contributed by atoms with E-state index in [1.807, 2.05) is 27.7 Å². The average Bonchev–Trinajstić information content (AvgIpc) is 2.88. The van der Waals surface area contributed by atoms with Crippen LogP contribution in [0.5, 0.6) is 0 Å². The van der Waals surface area contributed by atoms with Gasteiger partial charge in [0, 0.05) is 4.88 Å². The summed E-state index contributed by atoms with van der Waals surface area (Å²) in [5.74, 6) is 0.481. The van der Waals surface area contributed by atoms with E-state index in [1.54, 1.807) is 0 Å². The third kappa shape index (κ3) is 4.51. The predicted octanol–water partition coefficient (Wildman–Crippen LogP) is 3.12. The van der Waals surface area contributed by atoms with Crippen molar-refractivity contribution in [2.24, 2.45) is 5.92 Å². The number of hydrogen-bond acceptors (Lipinski definition) is 6. The fraction of sp³-hybridized carbons (Fsp3) is 0.632. The summed E-state index contributed by atoms with van der Waals surface area (Å²) >= 11 is 1.53. The first-order valence-electron chi connectivity index (χ1n) is 9.15. The molecule has 7 heteroatoms. The summed E-state index contributed by atoms with van der Waals surface area (Å²) in [5, 5.41) is 0.618. The molecule has 2 rings (SSSR count). The summed E-state index contributed by atoms with van der Waals surface area (Å²) < 4.78 is 6.77. The van der Waals surface area contributed by atoms with Crippen molar-refractivity contribution in [1.29, 1.82) is 0 Å². The minimum absolute atomic E-state index is 0.0978. The summed E-state index contributed by atoms with van der Waals surface area (Å²) in [6.07, 6.45) is 0. The van der Waals surface area contributed by atoms with Crippen molar-refractivity contribution in [2.75, 3.05) is 19.7 Å². The predicted molar refractivity (Wildman–Crippen MR) is 106 cm³/mol. The molecular weight excluding hydrogens is 350 g/mol. The van der Waals surface area contributed by atoms with Gasteiger partial charge in [0.25, 0.3) is 5.56 Å². The van der Waals surface area contributed by atoms with Gasteiger partial charge < -0.3 is 4.74 Å². The molecule has 0 bridgehead atoms. The lowest BCUT2D eigenvalue weighted by Crippen LogP contribution is -2.33. The standard InChI is InChI=1S/C19H29N3O3S/c1-7-21(8-2)9-15-20-18-17(13(5)14(6)26-18)19(24)22(15)10-16(23)25-11-12(3)4/h12H,7-11H2,1-6H3. The zero-order valence-electron chi connectivity index (χ0n) is 16.6. The monoisotopic (exact) mass is 379 g/mol. The molecule has 144 valence electrons. The first kappa shape index (κ1) is 20.6. The fourth-order valence-electron chi connectivity index (χ4n) is 2.73. The van der Waals surface area contributed by atoms with E-state index in [9.17, 15) is 9.59 Å².